The van der Waals surface area contributed by atoms with Gasteiger partial charge in [0.25, 0.3) is 11.6 Å². The zero-order valence-corrected chi connectivity index (χ0v) is 13.9. The van der Waals surface area contributed by atoms with E-state index in [4.69, 9.17) is 11.6 Å². The van der Waals surface area contributed by atoms with Gasteiger partial charge in [0.1, 0.15) is 5.82 Å². The van der Waals surface area contributed by atoms with Crippen molar-refractivity contribution in [1.29, 1.82) is 0 Å². The normalized spacial score (nSPS) is 13.8. The van der Waals surface area contributed by atoms with Crippen LogP contribution in [-0.4, -0.2) is 23.9 Å². The fraction of sp³-hybridized carbons (Fsp3) is 0.235. The lowest BCUT2D eigenvalue weighted by Gasteiger charge is -2.21. The van der Waals surface area contributed by atoms with E-state index in [0.29, 0.717) is 11.4 Å². The van der Waals surface area contributed by atoms with Crippen molar-refractivity contribution in [3.05, 3.63) is 62.9 Å². The molecule has 0 aliphatic carbocycles. The van der Waals surface area contributed by atoms with Gasteiger partial charge in [-0.15, -0.1) is 0 Å². The maximum atomic E-state index is 13.2. The molecule has 0 radical (unpaired) electrons. The maximum Gasteiger partial charge on any atom is 0.270 e. The second-order valence-electron chi connectivity index (χ2n) is 5.74. The van der Waals surface area contributed by atoms with Crippen LogP contribution < -0.4 is 10.2 Å². The lowest BCUT2D eigenvalue weighted by molar-refractivity contribution is -0.384. The van der Waals surface area contributed by atoms with Gasteiger partial charge in [-0.1, -0.05) is 11.6 Å². The van der Waals surface area contributed by atoms with Crippen LogP contribution in [0.25, 0.3) is 0 Å². The van der Waals surface area contributed by atoms with E-state index in [-0.39, 0.29) is 16.3 Å². The third-order valence-electron chi connectivity index (χ3n) is 4.06. The number of carbonyl (C=O) groups excluding carboxylic acids is 1. The number of nitrogens with one attached hydrogen (secondary N) is 1. The van der Waals surface area contributed by atoms with Gasteiger partial charge in [0.15, 0.2) is 0 Å². The van der Waals surface area contributed by atoms with E-state index in [0.717, 1.165) is 32.0 Å². The Labute approximate surface area is 148 Å². The van der Waals surface area contributed by atoms with Crippen molar-refractivity contribution in [1.82, 2.24) is 0 Å². The zero-order valence-electron chi connectivity index (χ0n) is 13.2. The summed E-state index contributed by atoms with van der Waals surface area (Å²) in [5, 5.41) is 13.6. The van der Waals surface area contributed by atoms with Gasteiger partial charge in [0.05, 0.1) is 21.2 Å². The number of anilines is 2. The number of benzene rings is 2. The minimum atomic E-state index is -0.590. The Kier molecular flexibility index (Phi) is 4.85. The molecule has 0 bridgehead atoms. The number of halogens is 2. The number of nitro benzene ring substituents is 1. The first-order valence-electron chi connectivity index (χ1n) is 7.75. The summed E-state index contributed by atoms with van der Waals surface area (Å²) in [7, 11) is 0. The van der Waals surface area contributed by atoms with E-state index in [1.54, 1.807) is 6.07 Å². The van der Waals surface area contributed by atoms with Crippen LogP contribution in [0.1, 0.15) is 23.2 Å². The van der Waals surface area contributed by atoms with Crippen molar-refractivity contribution in [2.45, 2.75) is 12.8 Å². The number of nitrogens with zero attached hydrogens (tertiary/aromatic N) is 2. The second kappa shape index (κ2) is 7.06. The molecule has 1 saturated heterocycles. The molecule has 0 aromatic heterocycles. The van der Waals surface area contributed by atoms with Gasteiger partial charge in [-0.2, -0.15) is 0 Å². The van der Waals surface area contributed by atoms with Crippen molar-refractivity contribution >= 4 is 34.6 Å². The molecule has 0 saturated carbocycles. The van der Waals surface area contributed by atoms with Gasteiger partial charge >= 0.3 is 0 Å². The first kappa shape index (κ1) is 17.2. The number of hydrogen-bond donors (Lipinski definition) is 1. The molecule has 0 unspecified atom stereocenters. The standard InChI is InChI=1S/C17H15ClFN3O3/c18-14-9-11(3-5-15(14)19)20-17(23)13-10-12(22(24)25)4-6-16(13)21-7-1-2-8-21/h3-6,9-10H,1-2,7-8H2,(H,20,23). The highest BCUT2D eigenvalue weighted by atomic mass is 35.5. The summed E-state index contributed by atoms with van der Waals surface area (Å²) in [6, 6.07) is 8.06. The van der Waals surface area contributed by atoms with Crippen LogP contribution in [0.2, 0.25) is 5.02 Å². The van der Waals surface area contributed by atoms with Gasteiger partial charge < -0.3 is 10.2 Å². The molecule has 2 aromatic carbocycles. The molecule has 130 valence electrons. The molecule has 1 N–H and O–H groups in total. The van der Waals surface area contributed by atoms with Crippen LogP contribution in [0.4, 0.5) is 21.5 Å². The highest BCUT2D eigenvalue weighted by molar-refractivity contribution is 6.31. The number of rotatable bonds is 4. The average molecular weight is 364 g/mol. The summed E-state index contributed by atoms with van der Waals surface area (Å²) in [6.07, 6.45) is 2.01. The monoisotopic (exact) mass is 363 g/mol. The lowest BCUT2D eigenvalue weighted by atomic mass is 10.1. The Balaban J connectivity index is 1.94. The van der Waals surface area contributed by atoms with Crippen molar-refractivity contribution < 1.29 is 14.1 Å². The molecule has 1 heterocycles. The first-order chi connectivity index (χ1) is 12.0. The molecule has 1 aliphatic heterocycles. The van der Waals surface area contributed by atoms with E-state index >= 15 is 0 Å². The lowest BCUT2D eigenvalue weighted by Crippen LogP contribution is -2.23. The van der Waals surface area contributed by atoms with Crippen LogP contribution in [0, 0.1) is 15.9 Å². The summed E-state index contributed by atoms with van der Waals surface area (Å²) in [5.41, 5.74) is 1.01. The molecule has 1 aliphatic rings. The summed E-state index contributed by atoms with van der Waals surface area (Å²) >= 11 is 5.72. The van der Waals surface area contributed by atoms with E-state index in [1.807, 2.05) is 4.90 Å². The molecular weight excluding hydrogens is 349 g/mol. The minimum Gasteiger partial charge on any atom is -0.371 e. The Hall–Kier alpha value is -2.67. The highest BCUT2D eigenvalue weighted by Gasteiger charge is 2.22. The molecule has 0 atom stereocenters. The third kappa shape index (κ3) is 3.71. The summed E-state index contributed by atoms with van der Waals surface area (Å²) in [4.78, 5) is 25.2. The predicted molar refractivity (Wildman–Crippen MR) is 93.9 cm³/mol. The van der Waals surface area contributed by atoms with Crippen LogP contribution >= 0.6 is 11.6 Å². The Morgan fingerprint density at radius 1 is 1.20 bits per heavy atom. The zero-order chi connectivity index (χ0) is 18.0. The van der Waals surface area contributed by atoms with Gasteiger partial charge in [-0.25, -0.2) is 4.39 Å². The molecule has 8 heteroatoms. The summed E-state index contributed by atoms with van der Waals surface area (Å²) in [6.45, 7) is 1.58. The molecule has 3 rings (SSSR count). The van der Waals surface area contributed by atoms with Crippen LogP contribution in [0.3, 0.4) is 0 Å². The summed E-state index contributed by atoms with van der Waals surface area (Å²) < 4.78 is 13.2. The van der Waals surface area contributed by atoms with Crippen molar-refractivity contribution in [3.63, 3.8) is 0 Å². The molecule has 1 amide bonds. The molecular formula is C17H15ClFN3O3. The van der Waals surface area contributed by atoms with Crippen LogP contribution in [-0.2, 0) is 0 Å². The fourth-order valence-electron chi connectivity index (χ4n) is 2.83. The molecule has 1 fully saturated rings. The quantitative estimate of drug-likeness (QED) is 0.651. The van der Waals surface area contributed by atoms with Crippen LogP contribution in [0.15, 0.2) is 36.4 Å². The van der Waals surface area contributed by atoms with E-state index in [2.05, 4.69) is 5.32 Å². The Bertz CT molecular complexity index is 838. The van der Waals surface area contributed by atoms with Gasteiger partial charge in [-0.3, -0.25) is 14.9 Å². The number of amides is 1. The van der Waals surface area contributed by atoms with Crippen molar-refractivity contribution in [2.75, 3.05) is 23.3 Å². The predicted octanol–water partition coefficient (Wildman–Crippen LogP) is 4.24. The third-order valence-corrected chi connectivity index (χ3v) is 4.35. The smallest absolute Gasteiger partial charge is 0.270 e. The summed E-state index contributed by atoms with van der Waals surface area (Å²) in [5.74, 6) is -1.10. The average Bonchev–Trinajstić information content (AvgIpc) is 3.12. The SMILES string of the molecule is O=C(Nc1ccc(F)c(Cl)c1)c1cc([N+](=O)[O-])ccc1N1CCCC1. The van der Waals surface area contributed by atoms with Gasteiger partial charge in [0, 0.05) is 30.9 Å². The van der Waals surface area contributed by atoms with E-state index in [1.165, 1.54) is 24.3 Å². The molecule has 0 spiro atoms. The maximum absolute atomic E-state index is 13.2. The Morgan fingerprint density at radius 3 is 2.56 bits per heavy atom. The molecule has 6 nitrogen and oxygen atoms in total. The van der Waals surface area contributed by atoms with Gasteiger partial charge in [0.2, 0.25) is 0 Å². The number of non-ortho nitro benzene ring substituents is 1. The van der Waals surface area contributed by atoms with E-state index < -0.39 is 16.6 Å². The van der Waals surface area contributed by atoms with Gasteiger partial charge in [-0.05, 0) is 37.1 Å². The van der Waals surface area contributed by atoms with E-state index in [9.17, 15) is 19.3 Å². The first-order valence-corrected chi connectivity index (χ1v) is 8.13. The fourth-order valence-corrected chi connectivity index (χ4v) is 3.01. The molecule has 2 aromatic rings. The molecule has 25 heavy (non-hydrogen) atoms. The largest absolute Gasteiger partial charge is 0.371 e. The Morgan fingerprint density at radius 2 is 1.92 bits per heavy atom. The highest BCUT2D eigenvalue weighted by Crippen LogP contribution is 2.29. The number of carbonyl (C=O) groups is 1. The van der Waals surface area contributed by atoms with Crippen molar-refractivity contribution in [3.8, 4) is 0 Å². The number of hydrogen-bond acceptors (Lipinski definition) is 4. The minimum absolute atomic E-state index is 0.114. The van der Waals surface area contributed by atoms with Crippen molar-refractivity contribution in [2.24, 2.45) is 0 Å². The topological polar surface area (TPSA) is 75.5 Å². The number of nitro groups is 1. The van der Waals surface area contributed by atoms with Crippen LogP contribution in [0.5, 0.6) is 0 Å². The second-order valence-corrected chi connectivity index (χ2v) is 6.14.